The summed E-state index contributed by atoms with van der Waals surface area (Å²) in [6, 6.07) is 10.2. The number of aliphatic hydroxyl groups excluding tert-OH is 1. The first-order chi connectivity index (χ1) is 12.8. The first-order valence-corrected chi connectivity index (χ1v) is 10.2. The maximum atomic E-state index is 13.0. The molecule has 1 saturated carbocycles. The van der Waals surface area contributed by atoms with Crippen molar-refractivity contribution in [3.05, 3.63) is 47.0 Å². The predicted molar refractivity (Wildman–Crippen MR) is 101 cm³/mol. The fourth-order valence-corrected chi connectivity index (χ4v) is 5.87. The molecule has 7 unspecified atom stereocenters. The Labute approximate surface area is 160 Å². The first-order valence-electron chi connectivity index (χ1n) is 10.2. The Morgan fingerprint density at radius 1 is 1.26 bits per heavy atom. The van der Waals surface area contributed by atoms with Crippen LogP contribution in [0, 0.1) is 11.8 Å². The van der Waals surface area contributed by atoms with Crippen LogP contribution >= 0.6 is 0 Å². The summed E-state index contributed by atoms with van der Waals surface area (Å²) < 4.78 is 12.6. The molecule has 7 atom stereocenters. The number of aliphatic hydroxyl groups is 1. The van der Waals surface area contributed by atoms with Crippen LogP contribution in [0.4, 0.5) is 0 Å². The molecule has 0 spiro atoms. The van der Waals surface area contributed by atoms with E-state index in [0.29, 0.717) is 6.42 Å². The van der Waals surface area contributed by atoms with E-state index in [0.717, 1.165) is 19.3 Å². The molecule has 1 N–H and O–H groups in total. The number of carbonyl (C=O) groups excluding carboxylic acids is 1. The number of hydrogen-bond acceptors (Lipinski definition) is 4. The van der Waals surface area contributed by atoms with Gasteiger partial charge in [0.05, 0.1) is 17.6 Å². The number of fused-ring (bicyclic) bond motifs is 4. The van der Waals surface area contributed by atoms with Gasteiger partial charge in [-0.1, -0.05) is 35.9 Å². The third-order valence-electron chi connectivity index (χ3n) is 7.47. The SMILES string of the molecule is CC1=C2C(OC(=O)C3CC3c3ccccc3)C3(C)CC(O)C(C)(O3)C2CC1. The first kappa shape index (κ1) is 17.4. The standard InChI is InChI=1S/C23H28O4/c1-13-9-10-17-19(13)20(22(2)12-18(24)23(17,3)27-22)26-21(25)16-11-15(16)14-7-5-4-6-8-14/h4-8,15-18,20,24H,9-12H2,1-3H3. The van der Waals surface area contributed by atoms with Crippen LogP contribution in [0.25, 0.3) is 0 Å². The number of rotatable bonds is 3. The molecular weight excluding hydrogens is 340 g/mol. The van der Waals surface area contributed by atoms with Gasteiger partial charge in [0, 0.05) is 12.3 Å². The number of hydrogen-bond donors (Lipinski definition) is 1. The van der Waals surface area contributed by atoms with Gasteiger partial charge >= 0.3 is 5.97 Å². The quantitative estimate of drug-likeness (QED) is 0.652. The summed E-state index contributed by atoms with van der Waals surface area (Å²) in [6.07, 6.45) is 2.44. The van der Waals surface area contributed by atoms with E-state index in [1.807, 2.05) is 32.0 Å². The second kappa shape index (κ2) is 5.68. The zero-order valence-corrected chi connectivity index (χ0v) is 16.3. The number of ether oxygens (including phenoxy) is 2. The molecule has 0 amide bonds. The van der Waals surface area contributed by atoms with E-state index in [1.54, 1.807) is 0 Å². The zero-order chi connectivity index (χ0) is 19.0. The summed E-state index contributed by atoms with van der Waals surface area (Å²) in [5.41, 5.74) is 2.54. The molecule has 144 valence electrons. The average molecular weight is 368 g/mol. The summed E-state index contributed by atoms with van der Waals surface area (Å²) in [5.74, 6) is 0.237. The largest absolute Gasteiger partial charge is 0.454 e. The lowest BCUT2D eigenvalue weighted by Gasteiger charge is -2.47. The van der Waals surface area contributed by atoms with E-state index < -0.39 is 17.3 Å². The van der Waals surface area contributed by atoms with Crippen LogP contribution in [-0.4, -0.2) is 34.5 Å². The Morgan fingerprint density at radius 3 is 2.74 bits per heavy atom. The van der Waals surface area contributed by atoms with Crippen molar-refractivity contribution >= 4 is 5.97 Å². The molecule has 2 aliphatic carbocycles. The van der Waals surface area contributed by atoms with Gasteiger partial charge in [0.15, 0.2) is 6.10 Å². The van der Waals surface area contributed by atoms with Gasteiger partial charge in [-0.3, -0.25) is 4.79 Å². The molecule has 0 aromatic heterocycles. The minimum Gasteiger partial charge on any atom is -0.454 e. The van der Waals surface area contributed by atoms with Crippen LogP contribution in [0.5, 0.6) is 0 Å². The molecule has 0 radical (unpaired) electrons. The normalized spacial score (nSPS) is 45.0. The van der Waals surface area contributed by atoms with Gasteiger partial charge in [-0.05, 0) is 57.1 Å². The third-order valence-corrected chi connectivity index (χ3v) is 7.47. The van der Waals surface area contributed by atoms with Gasteiger partial charge in [0.2, 0.25) is 0 Å². The lowest BCUT2D eigenvalue weighted by molar-refractivity contribution is -0.204. The molecule has 4 nitrogen and oxygen atoms in total. The fraction of sp³-hybridized carbons (Fsp3) is 0.609. The van der Waals surface area contributed by atoms with Crippen LogP contribution in [0.15, 0.2) is 41.5 Å². The molecule has 2 aliphatic heterocycles. The van der Waals surface area contributed by atoms with E-state index in [4.69, 9.17) is 9.47 Å². The number of allylic oxidation sites excluding steroid dienone is 1. The highest BCUT2D eigenvalue weighted by molar-refractivity contribution is 5.78. The van der Waals surface area contributed by atoms with Crippen LogP contribution in [0.2, 0.25) is 0 Å². The Bertz CT molecular complexity index is 815. The Kier molecular flexibility index (Phi) is 3.67. The molecular formula is C23H28O4. The monoisotopic (exact) mass is 368 g/mol. The van der Waals surface area contributed by atoms with Gasteiger partial charge in [-0.15, -0.1) is 0 Å². The van der Waals surface area contributed by atoms with E-state index in [1.165, 1.54) is 16.7 Å². The molecule has 4 aliphatic rings. The maximum Gasteiger partial charge on any atom is 0.310 e. The van der Waals surface area contributed by atoms with E-state index in [2.05, 4.69) is 19.1 Å². The third kappa shape index (κ3) is 2.46. The van der Waals surface area contributed by atoms with Gasteiger partial charge < -0.3 is 14.6 Å². The van der Waals surface area contributed by atoms with Crippen molar-refractivity contribution in [2.24, 2.45) is 11.8 Å². The van der Waals surface area contributed by atoms with Crippen molar-refractivity contribution in [1.82, 2.24) is 0 Å². The van der Waals surface area contributed by atoms with E-state index in [-0.39, 0.29) is 29.8 Å². The number of carbonyl (C=O) groups is 1. The lowest BCUT2D eigenvalue weighted by atomic mass is 9.77. The zero-order valence-electron chi connectivity index (χ0n) is 16.3. The van der Waals surface area contributed by atoms with Crippen LogP contribution in [0.1, 0.15) is 57.9 Å². The number of benzene rings is 1. The van der Waals surface area contributed by atoms with Crippen LogP contribution < -0.4 is 0 Å². The average Bonchev–Trinajstić information content (AvgIpc) is 3.30. The molecule has 2 heterocycles. The minimum atomic E-state index is -0.640. The molecule has 27 heavy (non-hydrogen) atoms. The summed E-state index contributed by atoms with van der Waals surface area (Å²) in [4.78, 5) is 13.0. The summed E-state index contributed by atoms with van der Waals surface area (Å²) in [6.45, 7) is 6.16. The van der Waals surface area contributed by atoms with Crippen molar-refractivity contribution in [1.29, 1.82) is 0 Å². The second-order valence-electron chi connectivity index (χ2n) is 9.32. The Hall–Kier alpha value is -1.65. The fourth-order valence-electron chi connectivity index (χ4n) is 5.87. The molecule has 1 aromatic carbocycles. The van der Waals surface area contributed by atoms with Crippen molar-refractivity contribution < 1.29 is 19.4 Å². The van der Waals surface area contributed by atoms with Gasteiger partial charge in [0.25, 0.3) is 0 Å². The molecule has 2 bridgehead atoms. The minimum absolute atomic E-state index is 0.0589. The molecule has 1 aromatic rings. The lowest BCUT2D eigenvalue weighted by Crippen LogP contribution is -2.55. The Balaban J connectivity index is 1.40. The maximum absolute atomic E-state index is 13.0. The van der Waals surface area contributed by atoms with Crippen LogP contribution in [-0.2, 0) is 14.3 Å². The van der Waals surface area contributed by atoms with Crippen molar-refractivity contribution in [3.63, 3.8) is 0 Å². The van der Waals surface area contributed by atoms with Gasteiger partial charge in [-0.25, -0.2) is 0 Å². The molecule has 5 rings (SSSR count). The summed E-state index contributed by atoms with van der Waals surface area (Å²) in [7, 11) is 0. The van der Waals surface area contributed by atoms with Gasteiger partial charge in [0.1, 0.15) is 5.60 Å². The molecule has 2 saturated heterocycles. The van der Waals surface area contributed by atoms with Crippen molar-refractivity contribution in [2.45, 2.75) is 75.8 Å². The highest BCUT2D eigenvalue weighted by Gasteiger charge is 2.66. The number of esters is 1. The van der Waals surface area contributed by atoms with Gasteiger partial charge in [-0.2, -0.15) is 0 Å². The topological polar surface area (TPSA) is 55.8 Å². The Morgan fingerprint density at radius 2 is 2.00 bits per heavy atom. The highest BCUT2D eigenvalue weighted by Crippen LogP contribution is 2.59. The summed E-state index contributed by atoms with van der Waals surface area (Å²) in [5, 5.41) is 10.7. The molecule has 3 fully saturated rings. The van der Waals surface area contributed by atoms with Crippen LogP contribution in [0.3, 0.4) is 0 Å². The summed E-state index contributed by atoms with van der Waals surface area (Å²) >= 11 is 0. The predicted octanol–water partition coefficient (Wildman–Crippen LogP) is 3.74. The highest BCUT2D eigenvalue weighted by atomic mass is 16.6. The second-order valence-corrected chi connectivity index (χ2v) is 9.32. The van der Waals surface area contributed by atoms with E-state index in [9.17, 15) is 9.90 Å². The van der Waals surface area contributed by atoms with E-state index >= 15 is 0 Å². The van der Waals surface area contributed by atoms with Crippen molar-refractivity contribution in [3.8, 4) is 0 Å². The molecule has 4 heteroatoms. The smallest absolute Gasteiger partial charge is 0.310 e. The van der Waals surface area contributed by atoms with Crippen molar-refractivity contribution in [2.75, 3.05) is 0 Å².